The fraction of sp³-hybridized carbons (Fsp3) is 0.278. The number of amides is 1. The number of nitrogens with zero attached hydrogens (tertiary/aromatic N) is 1. The van der Waals surface area contributed by atoms with Gasteiger partial charge in [-0.1, -0.05) is 30.3 Å². The number of ether oxygens (including phenoxy) is 1. The highest BCUT2D eigenvalue weighted by Gasteiger charge is 2.24. The Balaban J connectivity index is 2.00. The minimum Gasteiger partial charge on any atom is -0.497 e. The summed E-state index contributed by atoms with van der Waals surface area (Å²) in [7, 11) is -0.507. The molecule has 2 aromatic rings. The van der Waals surface area contributed by atoms with Gasteiger partial charge in [0.1, 0.15) is 5.75 Å². The standard InChI is InChI=1S/C18H22N2O4S/c1-14(19-25(22,23)17-7-5-4-6-8-17)18(21)20(2)13-15-9-11-16(24-3)12-10-15/h4-12,14,19H,13H2,1-3H3. The van der Waals surface area contributed by atoms with Gasteiger partial charge in [-0.3, -0.25) is 4.79 Å². The average Bonchev–Trinajstić information content (AvgIpc) is 2.62. The van der Waals surface area contributed by atoms with E-state index in [1.165, 1.54) is 24.0 Å². The molecule has 0 bridgehead atoms. The first kappa shape index (κ1) is 19.0. The molecule has 0 aliphatic heterocycles. The predicted molar refractivity (Wildman–Crippen MR) is 95.7 cm³/mol. The van der Waals surface area contributed by atoms with Crippen molar-refractivity contribution in [3.05, 3.63) is 60.2 Å². The zero-order valence-electron chi connectivity index (χ0n) is 14.5. The number of carbonyl (C=O) groups excluding carboxylic acids is 1. The van der Waals surface area contributed by atoms with Crippen LogP contribution >= 0.6 is 0 Å². The first-order valence-corrected chi connectivity index (χ1v) is 9.27. The third-order valence-corrected chi connectivity index (χ3v) is 5.27. The molecule has 25 heavy (non-hydrogen) atoms. The van der Waals surface area contributed by atoms with E-state index < -0.39 is 16.1 Å². The van der Waals surface area contributed by atoms with Gasteiger partial charge < -0.3 is 9.64 Å². The second-order valence-corrected chi connectivity index (χ2v) is 7.41. The highest BCUT2D eigenvalue weighted by molar-refractivity contribution is 7.89. The number of rotatable bonds is 7. The van der Waals surface area contributed by atoms with E-state index in [0.29, 0.717) is 6.54 Å². The fourth-order valence-electron chi connectivity index (χ4n) is 2.36. The predicted octanol–water partition coefficient (Wildman–Crippen LogP) is 2.02. The van der Waals surface area contributed by atoms with Crippen molar-refractivity contribution in [1.82, 2.24) is 9.62 Å². The molecule has 7 heteroatoms. The molecule has 0 aliphatic carbocycles. The van der Waals surface area contributed by atoms with Crippen LogP contribution in [-0.2, 0) is 21.4 Å². The van der Waals surface area contributed by atoms with Crippen molar-refractivity contribution in [1.29, 1.82) is 0 Å². The third-order valence-electron chi connectivity index (χ3n) is 3.71. The lowest BCUT2D eigenvalue weighted by atomic mass is 10.2. The van der Waals surface area contributed by atoms with E-state index in [1.807, 2.05) is 24.3 Å². The number of methoxy groups -OCH3 is 1. The maximum atomic E-state index is 12.5. The lowest BCUT2D eigenvalue weighted by molar-refractivity contribution is -0.131. The van der Waals surface area contributed by atoms with Crippen LogP contribution in [-0.4, -0.2) is 39.4 Å². The Morgan fingerprint density at radius 1 is 1.12 bits per heavy atom. The zero-order valence-corrected chi connectivity index (χ0v) is 15.3. The molecule has 1 atom stereocenters. The molecule has 0 spiro atoms. The molecule has 6 nitrogen and oxygen atoms in total. The van der Waals surface area contributed by atoms with Gasteiger partial charge in [-0.2, -0.15) is 4.72 Å². The Morgan fingerprint density at radius 3 is 2.28 bits per heavy atom. The van der Waals surface area contributed by atoms with E-state index >= 15 is 0 Å². The van der Waals surface area contributed by atoms with Gasteiger partial charge in [-0.15, -0.1) is 0 Å². The topological polar surface area (TPSA) is 75.7 Å². The number of hydrogen-bond acceptors (Lipinski definition) is 4. The molecule has 2 aromatic carbocycles. The summed E-state index contributed by atoms with van der Waals surface area (Å²) in [6.45, 7) is 1.91. The van der Waals surface area contributed by atoms with E-state index in [2.05, 4.69) is 4.72 Å². The number of carbonyl (C=O) groups is 1. The van der Waals surface area contributed by atoms with Crippen molar-refractivity contribution in [2.75, 3.05) is 14.2 Å². The molecule has 0 saturated carbocycles. The van der Waals surface area contributed by atoms with Gasteiger partial charge in [0.2, 0.25) is 15.9 Å². The zero-order chi connectivity index (χ0) is 18.4. The fourth-order valence-corrected chi connectivity index (χ4v) is 3.58. The van der Waals surface area contributed by atoms with Crippen molar-refractivity contribution >= 4 is 15.9 Å². The lowest BCUT2D eigenvalue weighted by Crippen LogP contribution is -2.45. The molecule has 0 fully saturated rings. The number of nitrogens with one attached hydrogen (secondary N) is 1. The molecule has 0 radical (unpaired) electrons. The van der Waals surface area contributed by atoms with E-state index in [1.54, 1.807) is 32.4 Å². The number of hydrogen-bond donors (Lipinski definition) is 1. The smallest absolute Gasteiger partial charge is 0.241 e. The van der Waals surface area contributed by atoms with Gasteiger partial charge >= 0.3 is 0 Å². The van der Waals surface area contributed by atoms with Crippen molar-refractivity contribution in [2.45, 2.75) is 24.4 Å². The van der Waals surface area contributed by atoms with Crippen LogP contribution in [0.15, 0.2) is 59.5 Å². The normalized spacial score (nSPS) is 12.4. The second kappa shape index (κ2) is 8.13. The Labute approximate surface area is 148 Å². The van der Waals surface area contributed by atoms with Crippen LogP contribution in [0.3, 0.4) is 0 Å². The lowest BCUT2D eigenvalue weighted by Gasteiger charge is -2.22. The molecule has 2 rings (SSSR count). The van der Waals surface area contributed by atoms with Gasteiger partial charge in [0.05, 0.1) is 18.0 Å². The minimum absolute atomic E-state index is 0.132. The Kier molecular flexibility index (Phi) is 6.17. The van der Waals surface area contributed by atoms with Crippen LogP contribution in [0.2, 0.25) is 0 Å². The number of likely N-dealkylation sites (N-methyl/N-ethyl adjacent to an activating group) is 1. The van der Waals surface area contributed by atoms with Crippen molar-refractivity contribution in [3.8, 4) is 5.75 Å². The SMILES string of the molecule is COc1ccc(CN(C)C(=O)C(C)NS(=O)(=O)c2ccccc2)cc1. The summed E-state index contributed by atoms with van der Waals surface area (Å²) in [5, 5.41) is 0. The van der Waals surface area contributed by atoms with Crippen LogP contribution in [0.4, 0.5) is 0 Å². The molecule has 0 saturated heterocycles. The summed E-state index contributed by atoms with van der Waals surface area (Å²) in [4.78, 5) is 14.1. The molecule has 0 heterocycles. The highest BCUT2D eigenvalue weighted by Crippen LogP contribution is 2.13. The average molecular weight is 362 g/mol. The summed E-state index contributed by atoms with van der Waals surface area (Å²) < 4.78 is 32.1. The summed E-state index contributed by atoms with van der Waals surface area (Å²) >= 11 is 0. The second-order valence-electron chi connectivity index (χ2n) is 5.70. The summed E-state index contributed by atoms with van der Waals surface area (Å²) in [6.07, 6.45) is 0. The first-order valence-electron chi connectivity index (χ1n) is 7.79. The molecule has 1 N–H and O–H groups in total. The molecular weight excluding hydrogens is 340 g/mol. The van der Waals surface area contributed by atoms with Crippen LogP contribution < -0.4 is 9.46 Å². The molecule has 134 valence electrons. The molecular formula is C18H22N2O4S. The van der Waals surface area contributed by atoms with E-state index in [-0.39, 0.29) is 10.8 Å². The number of benzene rings is 2. The van der Waals surface area contributed by atoms with Crippen LogP contribution in [0.5, 0.6) is 5.75 Å². The van der Waals surface area contributed by atoms with Crippen LogP contribution in [0, 0.1) is 0 Å². The van der Waals surface area contributed by atoms with Gasteiger partial charge in [0, 0.05) is 13.6 Å². The van der Waals surface area contributed by atoms with E-state index in [0.717, 1.165) is 11.3 Å². The summed E-state index contributed by atoms with van der Waals surface area (Å²) in [5.74, 6) is 0.428. The minimum atomic E-state index is -3.73. The van der Waals surface area contributed by atoms with Gasteiger partial charge in [0.15, 0.2) is 0 Å². The van der Waals surface area contributed by atoms with E-state index in [9.17, 15) is 13.2 Å². The molecule has 0 aliphatic rings. The third kappa shape index (κ3) is 5.04. The van der Waals surface area contributed by atoms with Gasteiger partial charge in [-0.25, -0.2) is 8.42 Å². The van der Waals surface area contributed by atoms with Crippen molar-refractivity contribution < 1.29 is 17.9 Å². The van der Waals surface area contributed by atoms with Crippen LogP contribution in [0.1, 0.15) is 12.5 Å². The first-order chi connectivity index (χ1) is 11.8. The Morgan fingerprint density at radius 2 is 1.72 bits per heavy atom. The van der Waals surface area contributed by atoms with E-state index in [4.69, 9.17) is 4.74 Å². The van der Waals surface area contributed by atoms with Gasteiger partial charge in [-0.05, 0) is 36.8 Å². The monoisotopic (exact) mass is 362 g/mol. The van der Waals surface area contributed by atoms with Gasteiger partial charge in [0.25, 0.3) is 0 Å². The van der Waals surface area contributed by atoms with Crippen molar-refractivity contribution in [2.24, 2.45) is 0 Å². The molecule has 1 amide bonds. The Hall–Kier alpha value is -2.38. The molecule has 1 unspecified atom stereocenters. The maximum Gasteiger partial charge on any atom is 0.241 e. The largest absolute Gasteiger partial charge is 0.497 e. The highest BCUT2D eigenvalue weighted by atomic mass is 32.2. The van der Waals surface area contributed by atoms with Crippen molar-refractivity contribution in [3.63, 3.8) is 0 Å². The number of sulfonamides is 1. The summed E-state index contributed by atoms with van der Waals surface area (Å²) in [5.41, 5.74) is 0.926. The quantitative estimate of drug-likeness (QED) is 0.818. The van der Waals surface area contributed by atoms with Crippen LogP contribution in [0.25, 0.3) is 0 Å². The summed E-state index contributed by atoms with van der Waals surface area (Å²) in [6, 6.07) is 14.5. The molecule has 0 aromatic heterocycles. The Bertz CT molecular complexity index is 805. The maximum absolute atomic E-state index is 12.5.